The summed E-state index contributed by atoms with van der Waals surface area (Å²) in [4.78, 5) is 0. The molecule has 0 aliphatic carbocycles. The fourth-order valence-corrected chi connectivity index (χ4v) is 4.43. The predicted molar refractivity (Wildman–Crippen MR) is 93.5 cm³/mol. The van der Waals surface area contributed by atoms with E-state index in [1.165, 1.54) is 4.31 Å². The molecule has 130 valence electrons. The van der Waals surface area contributed by atoms with Gasteiger partial charge in [-0.3, -0.25) is 0 Å². The van der Waals surface area contributed by atoms with Crippen LogP contribution in [0.3, 0.4) is 0 Å². The summed E-state index contributed by atoms with van der Waals surface area (Å²) in [6.45, 7) is 5.53. The number of ether oxygens (including phenoxy) is 1. The Hall–Kier alpha value is -0.370. The van der Waals surface area contributed by atoms with Gasteiger partial charge in [0.1, 0.15) is 0 Å². The molecule has 23 heavy (non-hydrogen) atoms. The first-order valence-corrected chi connectivity index (χ1v) is 9.92. The van der Waals surface area contributed by atoms with Gasteiger partial charge in [0.15, 0.2) is 0 Å². The average molecular weight is 381 g/mol. The van der Waals surface area contributed by atoms with Gasteiger partial charge in [-0.1, -0.05) is 29.3 Å². The highest BCUT2D eigenvalue weighted by molar-refractivity contribution is 7.89. The summed E-state index contributed by atoms with van der Waals surface area (Å²) < 4.78 is 31.8. The number of rotatable bonds is 6. The predicted octanol–water partition coefficient (Wildman–Crippen LogP) is 2.52. The number of nitrogens with zero attached hydrogens (tertiary/aromatic N) is 1. The summed E-state index contributed by atoms with van der Waals surface area (Å²) in [5, 5.41) is 4.13. The normalized spacial score (nSPS) is 23.1. The Labute approximate surface area is 148 Å². The number of morpholine rings is 1. The van der Waals surface area contributed by atoms with Crippen molar-refractivity contribution in [3.05, 3.63) is 33.8 Å². The number of nitrogens with one attached hydrogen (secondary N) is 1. The molecule has 1 aliphatic heterocycles. The van der Waals surface area contributed by atoms with Crippen molar-refractivity contribution in [2.24, 2.45) is 0 Å². The quantitative estimate of drug-likeness (QED) is 0.770. The van der Waals surface area contributed by atoms with Crippen LogP contribution in [-0.2, 0) is 21.3 Å². The molecule has 1 fully saturated rings. The molecular formula is C15H22Cl2N2O3S. The van der Waals surface area contributed by atoms with Crippen molar-refractivity contribution in [2.45, 2.75) is 32.6 Å². The fraction of sp³-hybridized carbons (Fsp3) is 0.600. The monoisotopic (exact) mass is 380 g/mol. The standard InChI is InChI=1S/C15H22Cl2N2O3S/c1-11-9-19(10-12(2)22-11)23(20,21)6-5-18-8-13-3-4-14(16)15(17)7-13/h3-4,7,11-12,18H,5-6,8-10H2,1-2H3. The van der Waals surface area contributed by atoms with E-state index in [1.54, 1.807) is 12.1 Å². The Morgan fingerprint density at radius 2 is 1.87 bits per heavy atom. The van der Waals surface area contributed by atoms with Crippen LogP contribution in [0.4, 0.5) is 0 Å². The van der Waals surface area contributed by atoms with Crippen molar-refractivity contribution >= 4 is 33.2 Å². The van der Waals surface area contributed by atoms with Gasteiger partial charge in [0, 0.05) is 26.2 Å². The van der Waals surface area contributed by atoms with Crippen LogP contribution in [0, 0.1) is 0 Å². The molecule has 0 aromatic heterocycles. The summed E-state index contributed by atoms with van der Waals surface area (Å²) in [6.07, 6.45) is -0.143. The zero-order valence-corrected chi connectivity index (χ0v) is 15.6. The molecule has 1 heterocycles. The van der Waals surface area contributed by atoms with Gasteiger partial charge in [-0.2, -0.15) is 4.31 Å². The van der Waals surface area contributed by atoms with Crippen molar-refractivity contribution in [1.29, 1.82) is 0 Å². The molecule has 2 rings (SSSR count). The summed E-state index contributed by atoms with van der Waals surface area (Å²) >= 11 is 11.8. The first-order valence-electron chi connectivity index (χ1n) is 7.56. The van der Waals surface area contributed by atoms with E-state index in [9.17, 15) is 8.42 Å². The summed E-state index contributed by atoms with van der Waals surface area (Å²) in [6, 6.07) is 5.37. The Balaban J connectivity index is 1.81. The molecule has 0 amide bonds. The van der Waals surface area contributed by atoms with E-state index in [0.29, 0.717) is 36.2 Å². The summed E-state index contributed by atoms with van der Waals surface area (Å²) in [5.74, 6) is 0.0633. The van der Waals surface area contributed by atoms with Crippen LogP contribution in [0.1, 0.15) is 19.4 Å². The van der Waals surface area contributed by atoms with Crippen molar-refractivity contribution in [1.82, 2.24) is 9.62 Å². The van der Waals surface area contributed by atoms with E-state index in [1.807, 2.05) is 19.9 Å². The molecule has 0 spiro atoms. The highest BCUT2D eigenvalue weighted by atomic mass is 35.5. The SMILES string of the molecule is CC1CN(S(=O)(=O)CCNCc2ccc(Cl)c(Cl)c2)CC(C)O1. The fourth-order valence-electron chi connectivity index (χ4n) is 2.57. The van der Waals surface area contributed by atoms with Gasteiger partial charge in [-0.05, 0) is 31.5 Å². The second kappa shape index (κ2) is 8.14. The van der Waals surface area contributed by atoms with Gasteiger partial charge in [-0.25, -0.2) is 8.42 Å². The highest BCUT2D eigenvalue weighted by Crippen LogP contribution is 2.22. The molecule has 1 aromatic rings. The van der Waals surface area contributed by atoms with E-state index in [2.05, 4.69) is 5.32 Å². The van der Waals surface area contributed by atoms with E-state index >= 15 is 0 Å². The first-order chi connectivity index (χ1) is 10.8. The third kappa shape index (κ3) is 5.59. The van der Waals surface area contributed by atoms with Crippen LogP contribution in [0.2, 0.25) is 10.0 Å². The lowest BCUT2D eigenvalue weighted by molar-refractivity contribution is -0.0440. The first kappa shape index (κ1) is 19.0. The van der Waals surface area contributed by atoms with E-state index in [4.69, 9.17) is 27.9 Å². The zero-order valence-electron chi connectivity index (χ0n) is 13.3. The van der Waals surface area contributed by atoms with Gasteiger partial charge in [-0.15, -0.1) is 0 Å². The Morgan fingerprint density at radius 3 is 2.48 bits per heavy atom. The molecule has 5 nitrogen and oxygen atoms in total. The van der Waals surface area contributed by atoms with Crippen molar-refractivity contribution < 1.29 is 13.2 Å². The summed E-state index contributed by atoms with van der Waals surface area (Å²) in [7, 11) is -3.27. The molecule has 0 bridgehead atoms. The minimum atomic E-state index is -3.27. The minimum Gasteiger partial charge on any atom is -0.373 e. The molecule has 0 radical (unpaired) electrons. The number of hydrogen-bond acceptors (Lipinski definition) is 4. The van der Waals surface area contributed by atoms with Gasteiger partial charge in [0.2, 0.25) is 10.0 Å². The van der Waals surface area contributed by atoms with E-state index in [0.717, 1.165) is 5.56 Å². The molecule has 1 aromatic carbocycles. The lowest BCUT2D eigenvalue weighted by atomic mass is 10.2. The Kier molecular flexibility index (Phi) is 6.71. The third-order valence-corrected chi connectivity index (χ3v) is 6.17. The van der Waals surface area contributed by atoms with E-state index < -0.39 is 10.0 Å². The third-order valence-electron chi connectivity index (χ3n) is 3.63. The Morgan fingerprint density at radius 1 is 1.22 bits per heavy atom. The molecule has 2 unspecified atom stereocenters. The smallest absolute Gasteiger partial charge is 0.215 e. The minimum absolute atomic E-state index is 0.0633. The van der Waals surface area contributed by atoms with E-state index in [-0.39, 0.29) is 18.0 Å². The van der Waals surface area contributed by atoms with Crippen molar-refractivity contribution in [3.63, 3.8) is 0 Å². The number of hydrogen-bond donors (Lipinski definition) is 1. The molecule has 8 heteroatoms. The molecule has 2 atom stereocenters. The maximum atomic E-state index is 12.4. The lowest BCUT2D eigenvalue weighted by Gasteiger charge is -2.34. The molecular weight excluding hydrogens is 359 g/mol. The van der Waals surface area contributed by atoms with Gasteiger partial charge in [0.25, 0.3) is 0 Å². The average Bonchev–Trinajstić information content (AvgIpc) is 2.46. The highest BCUT2D eigenvalue weighted by Gasteiger charge is 2.30. The Bertz CT molecular complexity index is 630. The van der Waals surface area contributed by atoms with Crippen LogP contribution in [0.25, 0.3) is 0 Å². The van der Waals surface area contributed by atoms with Gasteiger partial charge in [0.05, 0.1) is 28.0 Å². The lowest BCUT2D eigenvalue weighted by Crippen LogP contribution is -2.49. The van der Waals surface area contributed by atoms with Crippen molar-refractivity contribution in [3.8, 4) is 0 Å². The van der Waals surface area contributed by atoms with Gasteiger partial charge >= 0.3 is 0 Å². The molecule has 1 saturated heterocycles. The largest absolute Gasteiger partial charge is 0.373 e. The van der Waals surface area contributed by atoms with Crippen LogP contribution < -0.4 is 5.32 Å². The zero-order chi connectivity index (χ0) is 17.0. The molecule has 1 aliphatic rings. The number of sulfonamides is 1. The molecule has 1 N–H and O–H groups in total. The number of benzene rings is 1. The topological polar surface area (TPSA) is 58.6 Å². The molecule has 0 saturated carbocycles. The maximum absolute atomic E-state index is 12.4. The number of halogens is 2. The maximum Gasteiger partial charge on any atom is 0.215 e. The second-order valence-electron chi connectivity index (χ2n) is 5.82. The van der Waals surface area contributed by atoms with Crippen molar-refractivity contribution in [2.75, 3.05) is 25.4 Å². The van der Waals surface area contributed by atoms with Crippen LogP contribution in [0.5, 0.6) is 0 Å². The van der Waals surface area contributed by atoms with Gasteiger partial charge < -0.3 is 10.1 Å². The van der Waals surface area contributed by atoms with Crippen LogP contribution >= 0.6 is 23.2 Å². The van der Waals surface area contributed by atoms with Crippen LogP contribution in [-0.4, -0.2) is 50.3 Å². The second-order valence-corrected chi connectivity index (χ2v) is 8.72. The van der Waals surface area contributed by atoms with Crippen LogP contribution in [0.15, 0.2) is 18.2 Å². The summed E-state index contributed by atoms with van der Waals surface area (Å²) in [5.41, 5.74) is 0.963.